The lowest BCUT2D eigenvalue weighted by Crippen LogP contribution is -2.33. The third kappa shape index (κ3) is 2.66. The monoisotopic (exact) mass is 370 g/mol. The van der Waals surface area contributed by atoms with Gasteiger partial charge in [-0.25, -0.2) is 13.2 Å². The van der Waals surface area contributed by atoms with Crippen LogP contribution in [0.2, 0.25) is 0 Å². The summed E-state index contributed by atoms with van der Waals surface area (Å²) in [6.07, 6.45) is -3.59. The predicted octanol–water partition coefficient (Wildman–Crippen LogP) is 3.39. The van der Waals surface area contributed by atoms with E-state index >= 15 is 0 Å². The molecule has 4 nitrogen and oxygen atoms in total. The summed E-state index contributed by atoms with van der Waals surface area (Å²) in [5.41, 5.74) is -2.10. The van der Waals surface area contributed by atoms with E-state index in [1.54, 1.807) is 6.07 Å². The van der Waals surface area contributed by atoms with Crippen molar-refractivity contribution in [1.82, 2.24) is 4.57 Å². The predicted molar refractivity (Wildman–Crippen MR) is 78.6 cm³/mol. The molecule has 1 N–H and O–H groups in total. The minimum Gasteiger partial charge on any atom is -0.382 e. The number of carbonyl (C=O) groups excluding carboxylic acids is 1. The van der Waals surface area contributed by atoms with Gasteiger partial charge in [-0.2, -0.15) is 14.0 Å². The molecule has 0 bridgehead atoms. The largest absolute Gasteiger partial charge is 0.382 e. The minimum atomic E-state index is -4.10. The minimum absolute atomic E-state index is 0.0459. The third-order valence-electron chi connectivity index (χ3n) is 4.37. The van der Waals surface area contributed by atoms with Gasteiger partial charge in [0.15, 0.2) is 6.29 Å². The van der Waals surface area contributed by atoms with Crippen LogP contribution in [0.15, 0.2) is 24.4 Å². The standard InChI is InChI=1S/C17H11F5N2O2/c18-12-2-1-10(5-9(12)6-23)24-7-11(17(21,22)8-25)14-13(24)3-4-16(19,20)15(14)26/h1-2,5,7-8,15,26H,3-4H2. The first-order valence-corrected chi connectivity index (χ1v) is 7.47. The van der Waals surface area contributed by atoms with Crippen molar-refractivity contribution in [3.05, 3.63) is 52.6 Å². The van der Waals surface area contributed by atoms with E-state index in [0.29, 0.717) is 0 Å². The zero-order valence-electron chi connectivity index (χ0n) is 13.0. The molecule has 2 aromatic rings. The summed E-state index contributed by atoms with van der Waals surface area (Å²) in [6.45, 7) is 0. The number of fused-ring (bicyclic) bond motifs is 1. The van der Waals surface area contributed by atoms with Crippen molar-refractivity contribution in [2.45, 2.75) is 30.8 Å². The Hall–Kier alpha value is -2.73. The molecule has 0 fully saturated rings. The molecule has 0 saturated carbocycles. The third-order valence-corrected chi connectivity index (χ3v) is 4.37. The van der Waals surface area contributed by atoms with E-state index in [4.69, 9.17) is 5.26 Å². The molecular weight excluding hydrogens is 359 g/mol. The lowest BCUT2D eigenvalue weighted by atomic mass is 9.87. The second kappa shape index (κ2) is 5.92. The SMILES string of the molecule is N#Cc1cc(-n2cc(C(F)(F)C=O)c3c2CCC(F)(F)C3O)ccc1F. The van der Waals surface area contributed by atoms with Gasteiger partial charge in [-0.3, -0.25) is 4.79 Å². The molecule has 1 unspecified atom stereocenters. The molecule has 0 spiro atoms. The fourth-order valence-electron chi connectivity index (χ4n) is 3.06. The molecule has 0 saturated heterocycles. The van der Waals surface area contributed by atoms with Crippen molar-refractivity contribution in [2.75, 3.05) is 0 Å². The summed E-state index contributed by atoms with van der Waals surface area (Å²) in [5.74, 6) is -8.56. The van der Waals surface area contributed by atoms with Crippen LogP contribution in [0.5, 0.6) is 0 Å². The maximum Gasteiger partial charge on any atom is 0.329 e. The number of halogens is 5. The molecule has 1 aromatic carbocycles. The van der Waals surface area contributed by atoms with Gasteiger partial charge in [0.2, 0.25) is 0 Å². The average molecular weight is 370 g/mol. The summed E-state index contributed by atoms with van der Waals surface area (Å²) in [7, 11) is 0. The zero-order valence-corrected chi connectivity index (χ0v) is 13.0. The van der Waals surface area contributed by atoms with Crippen molar-refractivity contribution in [1.29, 1.82) is 5.26 Å². The summed E-state index contributed by atoms with van der Waals surface area (Å²) in [6, 6.07) is 4.78. The van der Waals surface area contributed by atoms with Crippen LogP contribution < -0.4 is 0 Å². The van der Waals surface area contributed by atoms with Crippen LogP contribution in [-0.4, -0.2) is 21.9 Å². The van der Waals surface area contributed by atoms with Crippen molar-refractivity contribution in [3.63, 3.8) is 0 Å². The molecule has 0 radical (unpaired) electrons. The Labute approximate surface area is 144 Å². The molecule has 0 amide bonds. The molecule has 1 aliphatic rings. The smallest absolute Gasteiger partial charge is 0.329 e. The highest BCUT2D eigenvalue weighted by Crippen LogP contribution is 2.47. The number of hydrogen-bond donors (Lipinski definition) is 1. The van der Waals surface area contributed by atoms with Crippen LogP contribution >= 0.6 is 0 Å². The van der Waals surface area contributed by atoms with E-state index in [1.807, 2.05) is 0 Å². The van der Waals surface area contributed by atoms with Gasteiger partial charge >= 0.3 is 5.92 Å². The number of aliphatic hydroxyl groups is 1. The Kier molecular flexibility index (Phi) is 4.11. The first-order chi connectivity index (χ1) is 12.1. The van der Waals surface area contributed by atoms with Crippen molar-refractivity contribution < 1.29 is 31.9 Å². The van der Waals surface area contributed by atoms with Gasteiger partial charge in [0.1, 0.15) is 18.0 Å². The van der Waals surface area contributed by atoms with Crippen molar-refractivity contribution >= 4 is 6.29 Å². The number of rotatable bonds is 3. The lowest BCUT2D eigenvalue weighted by Gasteiger charge is -2.30. The Bertz CT molecular complexity index is 930. The Balaban J connectivity index is 2.28. The Morgan fingerprint density at radius 1 is 1.38 bits per heavy atom. The molecule has 9 heteroatoms. The average Bonchev–Trinajstić information content (AvgIpc) is 2.99. The van der Waals surface area contributed by atoms with Gasteiger partial charge in [-0.15, -0.1) is 0 Å². The lowest BCUT2D eigenvalue weighted by molar-refractivity contribution is -0.134. The van der Waals surface area contributed by atoms with Crippen LogP contribution in [0.1, 0.15) is 34.9 Å². The second-order valence-electron chi connectivity index (χ2n) is 5.95. The van der Waals surface area contributed by atoms with Gasteiger partial charge in [0, 0.05) is 29.6 Å². The highest BCUT2D eigenvalue weighted by molar-refractivity contribution is 5.66. The maximum atomic E-state index is 14.0. The van der Waals surface area contributed by atoms with E-state index < -0.39 is 47.6 Å². The van der Waals surface area contributed by atoms with Gasteiger partial charge < -0.3 is 9.67 Å². The number of hydrogen-bond acceptors (Lipinski definition) is 3. The van der Waals surface area contributed by atoms with Gasteiger partial charge in [0.25, 0.3) is 5.92 Å². The topological polar surface area (TPSA) is 66.0 Å². The molecule has 0 aliphatic heterocycles. The van der Waals surface area contributed by atoms with Crippen molar-refractivity contribution in [2.24, 2.45) is 0 Å². The van der Waals surface area contributed by atoms with Crippen LogP contribution in [0.25, 0.3) is 5.69 Å². The van der Waals surface area contributed by atoms with Crippen LogP contribution in [0.3, 0.4) is 0 Å². The van der Waals surface area contributed by atoms with E-state index in [2.05, 4.69) is 0 Å². The van der Waals surface area contributed by atoms with Gasteiger partial charge in [0.05, 0.1) is 11.1 Å². The molecule has 26 heavy (non-hydrogen) atoms. The summed E-state index contributed by atoms with van der Waals surface area (Å²) in [5, 5.41) is 18.8. The van der Waals surface area contributed by atoms with E-state index in [9.17, 15) is 31.9 Å². The number of benzene rings is 1. The highest BCUT2D eigenvalue weighted by atomic mass is 19.3. The number of nitrogens with zero attached hydrogens (tertiary/aromatic N) is 2. The summed E-state index contributed by atoms with van der Waals surface area (Å²) in [4.78, 5) is 10.8. The van der Waals surface area contributed by atoms with Crippen LogP contribution in [0, 0.1) is 17.1 Å². The second-order valence-corrected chi connectivity index (χ2v) is 5.95. The zero-order chi connectivity index (χ0) is 19.3. The number of carbonyl (C=O) groups is 1. The highest BCUT2D eigenvalue weighted by Gasteiger charge is 2.50. The van der Waals surface area contributed by atoms with Crippen molar-refractivity contribution in [3.8, 4) is 11.8 Å². The van der Waals surface area contributed by atoms with Crippen LogP contribution in [-0.2, 0) is 17.1 Å². The molecule has 1 atom stereocenters. The number of alkyl halides is 4. The number of aliphatic hydroxyl groups excluding tert-OH is 1. The molecule has 1 aliphatic carbocycles. The molecule has 136 valence electrons. The molecular formula is C17H11F5N2O2. The van der Waals surface area contributed by atoms with Gasteiger partial charge in [-0.05, 0) is 24.6 Å². The van der Waals surface area contributed by atoms with E-state index in [1.165, 1.54) is 6.07 Å². The number of aromatic nitrogens is 1. The number of aldehydes is 1. The van der Waals surface area contributed by atoms with E-state index in [0.717, 1.165) is 22.9 Å². The van der Waals surface area contributed by atoms with E-state index in [-0.39, 0.29) is 23.4 Å². The Morgan fingerprint density at radius 3 is 2.69 bits per heavy atom. The maximum absolute atomic E-state index is 14.0. The Morgan fingerprint density at radius 2 is 2.08 bits per heavy atom. The fraction of sp³-hybridized carbons (Fsp3) is 0.294. The molecule has 3 rings (SSSR count). The molecule has 1 aromatic heterocycles. The van der Waals surface area contributed by atoms with Crippen LogP contribution in [0.4, 0.5) is 22.0 Å². The fourth-order valence-corrected chi connectivity index (χ4v) is 3.06. The first kappa shape index (κ1) is 18.1. The summed E-state index contributed by atoms with van der Waals surface area (Å²) < 4.78 is 70.2. The first-order valence-electron chi connectivity index (χ1n) is 7.47. The number of nitriles is 1. The van der Waals surface area contributed by atoms with Gasteiger partial charge in [-0.1, -0.05) is 0 Å². The molecule has 1 heterocycles. The quantitative estimate of drug-likeness (QED) is 0.665. The normalized spacial score (nSPS) is 18.9. The summed E-state index contributed by atoms with van der Waals surface area (Å²) >= 11 is 0.